The number of hydrogen-bond donors (Lipinski definition) is 2. The monoisotopic (exact) mass is 217 g/mol. The fraction of sp³-hybridized carbons (Fsp3) is 0.0909. The molecule has 5 heteroatoms. The van der Waals surface area contributed by atoms with E-state index in [2.05, 4.69) is 5.16 Å². The Morgan fingerprint density at radius 2 is 2.06 bits per heavy atom. The van der Waals surface area contributed by atoms with Crippen LogP contribution in [0.25, 0.3) is 11.3 Å². The van der Waals surface area contributed by atoms with Gasteiger partial charge in [-0.25, -0.2) is 5.84 Å². The Bertz CT molecular complexity index is 502. The standard InChI is InChI=1S/C11H11N3O2/c1-7-2-4-8(5-3-7)10-6-9(14-16-10)11(15)13-12/h2-6H,12H2,1H3,(H,13,15). The lowest BCUT2D eigenvalue weighted by atomic mass is 10.1. The number of nitrogen functional groups attached to an aromatic ring is 1. The van der Waals surface area contributed by atoms with Crippen molar-refractivity contribution in [1.82, 2.24) is 10.6 Å². The molecule has 1 heterocycles. The van der Waals surface area contributed by atoms with E-state index in [-0.39, 0.29) is 5.69 Å². The van der Waals surface area contributed by atoms with E-state index < -0.39 is 5.91 Å². The van der Waals surface area contributed by atoms with Crippen LogP contribution in [0, 0.1) is 6.92 Å². The molecule has 0 radical (unpaired) electrons. The van der Waals surface area contributed by atoms with Gasteiger partial charge in [0.05, 0.1) is 0 Å². The zero-order chi connectivity index (χ0) is 11.5. The number of carbonyl (C=O) groups is 1. The molecule has 0 aliphatic heterocycles. The number of nitrogens with one attached hydrogen (secondary N) is 1. The lowest BCUT2D eigenvalue weighted by Gasteiger charge is -1.95. The number of benzene rings is 1. The quantitative estimate of drug-likeness (QED) is 0.450. The topological polar surface area (TPSA) is 81.2 Å². The number of hydrogen-bond acceptors (Lipinski definition) is 4. The van der Waals surface area contributed by atoms with Gasteiger partial charge in [-0.15, -0.1) is 0 Å². The lowest BCUT2D eigenvalue weighted by Crippen LogP contribution is -2.30. The molecule has 1 aromatic carbocycles. The molecule has 0 fully saturated rings. The Morgan fingerprint density at radius 3 is 2.69 bits per heavy atom. The zero-order valence-electron chi connectivity index (χ0n) is 8.73. The predicted molar refractivity (Wildman–Crippen MR) is 58.3 cm³/mol. The second-order valence-electron chi connectivity index (χ2n) is 3.42. The van der Waals surface area contributed by atoms with Gasteiger partial charge in [-0.3, -0.25) is 10.2 Å². The van der Waals surface area contributed by atoms with Crippen molar-refractivity contribution in [3.63, 3.8) is 0 Å². The third-order valence-corrected chi connectivity index (χ3v) is 2.21. The summed E-state index contributed by atoms with van der Waals surface area (Å²) in [6.45, 7) is 2.00. The first-order chi connectivity index (χ1) is 7.70. The summed E-state index contributed by atoms with van der Waals surface area (Å²) >= 11 is 0. The Morgan fingerprint density at radius 1 is 1.38 bits per heavy atom. The van der Waals surface area contributed by atoms with Crippen LogP contribution in [0.15, 0.2) is 34.9 Å². The maximum Gasteiger partial charge on any atom is 0.287 e. The SMILES string of the molecule is Cc1ccc(-c2cc(C(=O)NN)no2)cc1. The number of rotatable bonds is 2. The van der Waals surface area contributed by atoms with E-state index >= 15 is 0 Å². The van der Waals surface area contributed by atoms with Gasteiger partial charge in [0.2, 0.25) is 0 Å². The Labute approximate surface area is 92.2 Å². The highest BCUT2D eigenvalue weighted by Gasteiger charge is 2.11. The smallest absolute Gasteiger partial charge is 0.287 e. The van der Waals surface area contributed by atoms with Crippen molar-refractivity contribution in [3.8, 4) is 11.3 Å². The van der Waals surface area contributed by atoms with Gasteiger partial charge in [0.15, 0.2) is 11.5 Å². The molecule has 1 aromatic heterocycles. The molecule has 0 unspecified atom stereocenters. The minimum atomic E-state index is -0.470. The highest BCUT2D eigenvalue weighted by Crippen LogP contribution is 2.20. The van der Waals surface area contributed by atoms with Crippen molar-refractivity contribution in [2.24, 2.45) is 5.84 Å². The number of hydrazine groups is 1. The third kappa shape index (κ3) is 1.94. The zero-order valence-corrected chi connectivity index (χ0v) is 8.73. The third-order valence-electron chi connectivity index (χ3n) is 2.21. The molecule has 5 nitrogen and oxygen atoms in total. The first-order valence-corrected chi connectivity index (χ1v) is 4.75. The van der Waals surface area contributed by atoms with Crippen molar-refractivity contribution < 1.29 is 9.32 Å². The summed E-state index contributed by atoms with van der Waals surface area (Å²) in [5.41, 5.74) is 4.18. The molecule has 0 saturated carbocycles. The molecule has 2 rings (SSSR count). The number of carbonyl (C=O) groups excluding carboxylic acids is 1. The van der Waals surface area contributed by atoms with Crippen LogP contribution >= 0.6 is 0 Å². The number of amides is 1. The molecule has 0 saturated heterocycles. The van der Waals surface area contributed by atoms with Gasteiger partial charge in [0.1, 0.15) is 0 Å². The summed E-state index contributed by atoms with van der Waals surface area (Å²) in [5, 5.41) is 3.62. The van der Waals surface area contributed by atoms with Gasteiger partial charge >= 0.3 is 0 Å². The average Bonchev–Trinajstić information content (AvgIpc) is 2.78. The van der Waals surface area contributed by atoms with Crippen LogP contribution in [-0.4, -0.2) is 11.1 Å². The highest BCUT2D eigenvalue weighted by molar-refractivity contribution is 5.92. The second-order valence-corrected chi connectivity index (χ2v) is 3.42. The van der Waals surface area contributed by atoms with Gasteiger partial charge in [-0.05, 0) is 6.92 Å². The number of nitrogens with two attached hydrogens (primary N) is 1. The first-order valence-electron chi connectivity index (χ1n) is 4.75. The van der Waals surface area contributed by atoms with Gasteiger partial charge in [-0.2, -0.15) is 0 Å². The average molecular weight is 217 g/mol. The predicted octanol–water partition coefficient (Wildman–Crippen LogP) is 1.25. The minimum Gasteiger partial charge on any atom is -0.355 e. The van der Waals surface area contributed by atoms with Crippen molar-refractivity contribution in [2.75, 3.05) is 0 Å². The number of aryl methyl sites for hydroxylation is 1. The van der Waals surface area contributed by atoms with E-state index in [1.807, 2.05) is 36.6 Å². The fourth-order valence-electron chi connectivity index (χ4n) is 1.31. The Balaban J connectivity index is 2.31. The van der Waals surface area contributed by atoms with Crippen molar-refractivity contribution in [2.45, 2.75) is 6.92 Å². The lowest BCUT2D eigenvalue weighted by molar-refractivity contribution is 0.0944. The van der Waals surface area contributed by atoms with Gasteiger partial charge in [0, 0.05) is 11.6 Å². The maximum atomic E-state index is 11.2. The van der Waals surface area contributed by atoms with E-state index in [4.69, 9.17) is 10.4 Å². The number of aromatic nitrogens is 1. The number of nitrogens with zero attached hydrogens (tertiary/aromatic N) is 1. The molecule has 16 heavy (non-hydrogen) atoms. The maximum absolute atomic E-state index is 11.2. The minimum absolute atomic E-state index is 0.165. The fourth-order valence-corrected chi connectivity index (χ4v) is 1.31. The van der Waals surface area contributed by atoms with Crippen LogP contribution in [0.2, 0.25) is 0 Å². The summed E-state index contributed by atoms with van der Waals surface area (Å²) in [6, 6.07) is 9.27. The van der Waals surface area contributed by atoms with E-state index in [1.165, 1.54) is 0 Å². The first kappa shape index (κ1) is 10.4. The van der Waals surface area contributed by atoms with Crippen molar-refractivity contribution in [1.29, 1.82) is 0 Å². The van der Waals surface area contributed by atoms with E-state index in [1.54, 1.807) is 6.07 Å². The van der Waals surface area contributed by atoms with Crippen LogP contribution in [0.4, 0.5) is 0 Å². The molecule has 0 atom stereocenters. The summed E-state index contributed by atoms with van der Waals surface area (Å²) in [6.07, 6.45) is 0. The molecule has 0 bridgehead atoms. The van der Waals surface area contributed by atoms with Gasteiger partial charge in [-0.1, -0.05) is 35.0 Å². The van der Waals surface area contributed by atoms with E-state index in [9.17, 15) is 4.79 Å². The van der Waals surface area contributed by atoms with E-state index in [0.29, 0.717) is 5.76 Å². The van der Waals surface area contributed by atoms with Crippen LogP contribution in [-0.2, 0) is 0 Å². The van der Waals surface area contributed by atoms with Gasteiger partial charge in [0.25, 0.3) is 5.91 Å². The normalized spacial score (nSPS) is 10.1. The van der Waals surface area contributed by atoms with Gasteiger partial charge < -0.3 is 4.52 Å². The highest BCUT2D eigenvalue weighted by atomic mass is 16.5. The van der Waals surface area contributed by atoms with Crippen LogP contribution in [0.3, 0.4) is 0 Å². The van der Waals surface area contributed by atoms with Crippen molar-refractivity contribution in [3.05, 3.63) is 41.6 Å². The molecule has 82 valence electrons. The van der Waals surface area contributed by atoms with Crippen LogP contribution < -0.4 is 11.3 Å². The van der Waals surface area contributed by atoms with E-state index in [0.717, 1.165) is 11.1 Å². The Kier molecular flexibility index (Phi) is 2.70. The summed E-state index contributed by atoms with van der Waals surface area (Å²) in [5.74, 6) is 5.06. The molecular weight excluding hydrogens is 206 g/mol. The molecule has 0 spiro atoms. The summed E-state index contributed by atoms with van der Waals surface area (Å²) in [7, 11) is 0. The van der Waals surface area contributed by atoms with Crippen molar-refractivity contribution >= 4 is 5.91 Å². The molecule has 0 aliphatic carbocycles. The largest absolute Gasteiger partial charge is 0.355 e. The molecule has 3 N–H and O–H groups in total. The van der Waals surface area contributed by atoms with Crippen LogP contribution in [0.1, 0.15) is 16.1 Å². The summed E-state index contributed by atoms with van der Waals surface area (Å²) in [4.78, 5) is 11.2. The summed E-state index contributed by atoms with van der Waals surface area (Å²) < 4.78 is 5.05. The molecule has 1 amide bonds. The molecule has 0 aliphatic rings. The van der Waals surface area contributed by atoms with Crippen LogP contribution in [0.5, 0.6) is 0 Å². The second kappa shape index (κ2) is 4.16. The molecule has 2 aromatic rings. The Hall–Kier alpha value is -2.14. The molecular formula is C11H11N3O2.